The molecular formula is C17H18N2O2. The van der Waals surface area contributed by atoms with Gasteiger partial charge in [-0.15, -0.1) is 0 Å². The summed E-state index contributed by atoms with van der Waals surface area (Å²) in [6.07, 6.45) is 0.847. The van der Waals surface area contributed by atoms with E-state index in [4.69, 9.17) is 5.73 Å². The maximum absolute atomic E-state index is 12.7. The highest BCUT2D eigenvalue weighted by Gasteiger charge is 2.27. The van der Waals surface area contributed by atoms with Gasteiger partial charge in [-0.25, -0.2) is 0 Å². The summed E-state index contributed by atoms with van der Waals surface area (Å²) in [6.45, 7) is 4.47. The van der Waals surface area contributed by atoms with Crippen LogP contribution in [0.3, 0.4) is 0 Å². The minimum Gasteiger partial charge on any atom is -0.508 e. The van der Waals surface area contributed by atoms with E-state index in [1.54, 1.807) is 23.1 Å². The number of phenolic OH excluding ortho intramolecular Hbond substituents is 1. The zero-order valence-electron chi connectivity index (χ0n) is 12.2. The molecule has 0 spiro atoms. The third-order valence-corrected chi connectivity index (χ3v) is 4.05. The Balaban J connectivity index is 2.00. The predicted octanol–water partition coefficient (Wildman–Crippen LogP) is 2.79. The Morgan fingerprint density at radius 1 is 1.19 bits per heavy atom. The predicted molar refractivity (Wildman–Crippen MR) is 83.8 cm³/mol. The van der Waals surface area contributed by atoms with Gasteiger partial charge in [0, 0.05) is 23.5 Å². The molecule has 0 bridgehead atoms. The van der Waals surface area contributed by atoms with E-state index in [2.05, 4.69) is 6.07 Å². The number of anilines is 2. The molecule has 0 radical (unpaired) electrons. The maximum atomic E-state index is 12.7. The molecule has 2 aromatic carbocycles. The summed E-state index contributed by atoms with van der Waals surface area (Å²) in [5.74, 6) is 0.125. The SMILES string of the molecule is Cc1cc2c(cc1N)N(C(=O)c1ccc(O)cc1C)CC2. The molecule has 3 rings (SSSR count). The van der Waals surface area contributed by atoms with Crippen molar-refractivity contribution in [3.8, 4) is 5.75 Å². The first-order valence-electron chi connectivity index (χ1n) is 6.98. The Hall–Kier alpha value is -2.49. The number of carbonyl (C=O) groups excluding carboxylic acids is 1. The quantitative estimate of drug-likeness (QED) is 0.790. The van der Waals surface area contributed by atoms with Gasteiger partial charge < -0.3 is 15.7 Å². The second kappa shape index (κ2) is 4.81. The Kier molecular flexibility index (Phi) is 3.09. The van der Waals surface area contributed by atoms with E-state index in [9.17, 15) is 9.90 Å². The summed E-state index contributed by atoms with van der Waals surface area (Å²) in [6, 6.07) is 8.75. The number of nitrogens with zero attached hydrogens (tertiary/aromatic N) is 1. The summed E-state index contributed by atoms with van der Waals surface area (Å²) < 4.78 is 0. The third-order valence-electron chi connectivity index (χ3n) is 4.05. The number of phenols is 1. The summed E-state index contributed by atoms with van der Waals surface area (Å²) >= 11 is 0. The van der Waals surface area contributed by atoms with Crippen molar-refractivity contribution in [1.29, 1.82) is 0 Å². The number of benzene rings is 2. The molecule has 1 aliphatic rings. The fourth-order valence-corrected chi connectivity index (χ4v) is 2.82. The van der Waals surface area contributed by atoms with Crippen molar-refractivity contribution >= 4 is 17.3 Å². The van der Waals surface area contributed by atoms with Crippen LogP contribution < -0.4 is 10.6 Å². The molecule has 0 saturated heterocycles. The highest BCUT2D eigenvalue weighted by molar-refractivity contribution is 6.08. The van der Waals surface area contributed by atoms with Crippen molar-refractivity contribution in [2.75, 3.05) is 17.2 Å². The van der Waals surface area contributed by atoms with E-state index in [-0.39, 0.29) is 11.7 Å². The minimum absolute atomic E-state index is 0.0468. The first-order chi connectivity index (χ1) is 9.97. The lowest BCUT2D eigenvalue weighted by molar-refractivity contribution is 0.0989. The van der Waals surface area contributed by atoms with Gasteiger partial charge in [0.25, 0.3) is 5.91 Å². The Morgan fingerprint density at radius 3 is 2.67 bits per heavy atom. The molecule has 3 N–H and O–H groups in total. The number of fused-ring (bicyclic) bond motifs is 1. The topological polar surface area (TPSA) is 66.6 Å². The number of hydrogen-bond donors (Lipinski definition) is 2. The van der Waals surface area contributed by atoms with Crippen LogP contribution in [-0.2, 0) is 6.42 Å². The highest BCUT2D eigenvalue weighted by atomic mass is 16.3. The number of nitrogen functional groups attached to an aromatic ring is 1. The lowest BCUT2D eigenvalue weighted by atomic mass is 10.1. The first-order valence-corrected chi connectivity index (χ1v) is 6.98. The van der Waals surface area contributed by atoms with Crippen molar-refractivity contribution in [3.05, 3.63) is 52.6 Å². The van der Waals surface area contributed by atoms with Crippen LogP contribution in [-0.4, -0.2) is 17.6 Å². The molecule has 2 aromatic rings. The number of carbonyl (C=O) groups is 1. The summed E-state index contributed by atoms with van der Waals surface area (Å²) in [5.41, 5.74) is 11.2. The standard InChI is InChI=1S/C17H18N2O2/c1-10-8-13(20)3-4-14(10)17(21)19-6-5-12-7-11(2)15(18)9-16(12)19/h3-4,7-9,20H,5-6,18H2,1-2H3. The number of rotatable bonds is 1. The molecule has 108 valence electrons. The van der Waals surface area contributed by atoms with E-state index in [0.29, 0.717) is 17.8 Å². The van der Waals surface area contributed by atoms with Gasteiger partial charge >= 0.3 is 0 Å². The lowest BCUT2D eigenvalue weighted by Crippen LogP contribution is -2.29. The molecule has 4 heteroatoms. The molecule has 0 saturated carbocycles. The smallest absolute Gasteiger partial charge is 0.258 e. The fraction of sp³-hybridized carbons (Fsp3) is 0.235. The van der Waals surface area contributed by atoms with Crippen LogP contribution in [0.5, 0.6) is 5.75 Å². The molecule has 4 nitrogen and oxygen atoms in total. The van der Waals surface area contributed by atoms with Crippen molar-refractivity contribution in [2.24, 2.45) is 0 Å². The molecule has 0 unspecified atom stereocenters. The number of nitrogens with two attached hydrogens (primary N) is 1. The summed E-state index contributed by atoms with van der Waals surface area (Å²) in [5, 5.41) is 9.47. The monoisotopic (exact) mass is 282 g/mol. The highest BCUT2D eigenvalue weighted by Crippen LogP contribution is 2.33. The largest absolute Gasteiger partial charge is 0.508 e. The molecule has 0 aliphatic carbocycles. The number of amides is 1. The van der Waals surface area contributed by atoms with Crippen molar-refractivity contribution in [1.82, 2.24) is 0 Å². The van der Waals surface area contributed by atoms with Gasteiger partial charge in [0.1, 0.15) is 5.75 Å². The number of hydrogen-bond acceptors (Lipinski definition) is 3. The van der Waals surface area contributed by atoms with Crippen LogP contribution in [0.2, 0.25) is 0 Å². The normalized spacial score (nSPS) is 13.3. The van der Waals surface area contributed by atoms with E-state index in [0.717, 1.165) is 28.8 Å². The number of aromatic hydroxyl groups is 1. The third kappa shape index (κ3) is 2.23. The van der Waals surface area contributed by atoms with Crippen LogP contribution in [0, 0.1) is 13.8 Å². The van der Waals surface area contributed by atoms with Crippen LogP contribution in [0.1, 0.15) is 27.0 Å². The van der Waals surface area contributed by atoms with Crippen LogP contribution >= 0.6 is 0 Å². The Labute approximate surface area is 123 Å². The van der Waals surface area contributed by atoms with Crippen LogP contribution in [0.15, 0.2) is 30.3 Å². The molecule has 0 aromatic heterocycles. The molecule has 1 amide bonds. The average Bonchev–Trinajstić information content (AvgIpc) is 2.81. The summed E-state index contributed by atoms with van der Waals surface area (Å²) in [7, 11) is 0. The molecule has 1 heterocycles. The Bertz CT molecular complexity index is 738. The molecular weight excluding hydrogens is 264 g/mol. The summed E-state index contributed by atoms with van der Waals surface area (Å²) in [4.78, 5) is 14.5. The second-order valence-electron chi connectivity index (χ2n) is 5.54. The van der Waals surface area contributed by atoms with Crippen molar-refractivity contribution in [2.45, 2.75) is 20.3 Å². The minimum atomic E-state index is -0.0468. The first kappa shape index (κ1) is 13.5. The van der Waals surface area contributed by atoms with Gasteiger partial charge in [-0.05, 0) is 61.2 Å². The molecule has 1 aliphatic heterocycles. The van der Waals surface area contributed by atoms with Crippen LogP contribution in [0.25, 0.3) is 0 Å². The Morgan fingerprint density at radius 2 is 1.95 bits per heavy atom. The van der Waals surface area contributed by atoms with Gasteiger partial charge in [-0.3, -0.25) is 4.79 Å². The van der Waals surface area contributed by atoms with Gasteiger partial charge in [0.15, 0.2) is 0 Å². The van der Waals surface area contributed by atoms with Crippen molar-refractivity contribution < 1.29 is 9.90 Å². The number of aryl methyl sites for hydroxylation is 2. The maximum Gasteiger partial charge on any atom is 0.258 e. The van der Waals surface area contributed by atoms with E-state index < -0.39 is 0 Å². The van der Waals surface area contributed by atoms with E-state index in [1.165, 1.54) is 0 Å². The lowest BCUT2D eigenvalue weighted by Gasteiger charge is -2.19. The fourth-order valence-electron chi connectivity index (χ4n) is 2.82. The van der Waals surface area contributed by atoms with Crippen LogP contribution in [0.4, 0.5) is 11.4 Å². The zero-order valence-corrected chi connectivity index (χ0v) is 12.2. The molecule has 0 atom stereocenters. The van der Waals surface area contributed by atoms with Gasteiger partial charge in [-0.1, -0.05) is 6.07 Å². The van der Waals surface area contributed by atoms with Gasteiger partial charge in [0.2, 0.25) is 0 Å². The second-order valence-corrected chi connectivity index (χ2v) is 5.54. The van der Waals surface area contributed by atoms with Gasteiger partial charge in [-0.2, -0.15) is 0 Å². The molecule has 0 fully saturated rings. The van der Waals surface area contributed by atoms with E-state index in [1.807, 2.05) is 19.9 Å². The average molecular weight is 282 g/mol. The zero-order chi connectivity index (χ0) is 15.1. The van der Waals surface area contributed by atoms with Gasteiger partial charge in [0.05, 0.1) is 0 Å². The van der Waals surface area contributed by atoms with E-state index >= 15 is 0 Å². The molecule has 21 heavy (non-hydrogen) atoms. The van der Waals surface area contributed by atoms with Crippen molar-refractivity contribution in [3.63, 3.8) is 0 Å².